The Labute approximate surface area is 111 Å². The first-order chi connectivity index (χ1) is 8.69. The Balaban J connectivity index is 2.01. The molecule has 0 saturated carbocycles. The predicted octanol–water partition coefficient (Wildman–Crippen LogP) is 2.91. The van der Waals surface area contributed by atoms with Crippen molar-refractivity contribution < 1.29 is 0 Å². The Kier molecular flexibility index (Phi) is 4.79. The Bertz CT molecular complexity index is 358. The summed E-state index contributed by atoms with van der Waals surface area (Å²) in [5.74, 6) is 0.617. The Morgan fingerprint density at radius 3 is 2.61 bits per heavy atom. The molecule has 0 bridgehead atoms. The summed E-state index contributed by atoms with van der Waals surface area (Å²) in [5.41, 5.74) is 9.00. The molecular weight excluding hydrogens is 220 g/mol. The molecule has 18 heavy (non-hydrogen) atoms. The quantitative estimate of drug-likeness (QED) is 0.885. The minimum atomic E-state index is 0.335. The first-order valence-corrected chi connectivity index (χ1v) is 7.23. The number of hydrogen-bond donors (Lipinski definition) is 1. The van der Waals surface area contributed by atoms with E-state index in [-0.39, 0.29) is 0 Å². The van der Waals surface area contributed by atoms with Crippen molar-refractivity contribution in [3.8, 4) is 0 Å². The van der Waals surface area contributed by atoms with Crippen molar-refractivity contribution in [2.45, 2.75) is 45.1 Å². The van der Waals surface area contributed by atoms with Crippen molar-refractivity contribution in [1.29, 1.82) is 0 Å². The van der Waals surface area contributed by atoms with Gasteiger partial charge in [0.05, 0.1) is 0 Å². The van der Waals surface area contributed by atoms with Crippen LogP contribution in [0, 0.1) is 6.92 Å². The molecule has 0 spiro atoms. The van der Waals surface area contributed by atoms with E-state index in [9.17, 15) is 0 Å². The zero-order chi connectivity index (χ0) is 13.0. The number of unbranched alkanes of at least 4 members (excludes halogenated alkanes) is 1. The summed E-state index contributed by atoms with van der Waals surface area (Å²) in [6, 6.07) is 9.31. The van der Waals surface area contributed by atoms with Gasteiger partial charge in [0.15, 0.2) is 0 Å². The van der Waals surface area contributed by atoms with Crippen LogP contribution in [0.1, 0.15) is 43.2 Å². The zero-order valence-corrected chi connectivity index (χ0v) is 11.7. The lowest BCUT2D eigenvalue weighted by atomic mass is 9.88. The number of rotatable bonds is 4. The maximum atomic E-state index is 6.21. The van der Waals surface area contributed by atoms with E-state index < -0.39 is 0 Å². The number of likely N-dealkylation sites (tertiary alicyclic amines) is 1. The highest BCUT2D eigenvalue weighted by Crippen LogP contribution is 2.26. The molecule has 0 aliphatic carbocycles. The van der Waals surface area contributed by atoms with E-state index in [2.05, 4.69) is 43.0 Å². The van der Waals surface area contributed by atoms with Gasteiger partial charge < -0.3 is 10.6 Å². The third-order valence-corrected chi connectivity index (χ3v) is 3.94. The van der Waals surface area contributed by atoms with Crippen LogP contribution in [0.25, 0.3) is 0 Å². The van der Waals surface area contributed by atoms with E-state index in [0.717, 1.165) is 13.0 Å². The summed E-state index contributed by atoms with van der Waals surface area (Å²) in [4.78, 5) is 2.54. The highest BCUT2D eigenvalue weighted by molar-refractivity contribution is 5.25. The normalized spacial score (nSPS) is 25.3. The van der Waals surface area contributed by atoms with Crippen molar-refractivity contribution in [2.24, 2.45) is 5.73 Å². The fourth-order valence-corrected chi connectivity index (χ4v) is 2.88. The Morgan fingerprint density at radius 1 is 1.22 bits per heavy atom. The topological polar surface area (TPSA) is 29.3 Å². The molecule has 2 rings (SSSR count). The summed E-state index contributed by atoms with van der Waals surface area (Å²) in [7, 11) is 0. The number of nitrogens with zero attached hydrogens (tertiary/aromatic N) is 1. The average Bonchev–Trinajstić information content (AvgIpc) is 2.36. The van der Waals surface area contributed by atoms with Crippen LogP contribution in [-0.2, 0) is 0 Å². The van der Waals surface area contributed by atoms with Gasteiger partial charge in [0.25, 0.3) is 0 Å². The maximum absolute atomic E-state index is 6.21. The maximum Gasteiger partial charge on any atom is 0.0174 e. The van der Waals surface area contributed by atoms with Crippen LogP contribution >= 0.6 is 0 Å². The average molecular weight is 246 g/mol. The molecule has 2 atom stereocenters. The first-order valence-electron chi connectivity index (χ1n) is 7.23. The molecule has 1 heterocycles. The molecule has 2 unspecified atom stereocenters. The lowest BCUT2D eigenvalue weighted by molar-refractivity contribution is 0.186. The molecule has 100 valence electrons. The van der Waals surface area contributed by atoms with E-state index in [1.54, 1.807) is 0 Å². The minimum Gasteiger partial charge on any atom is -0.327 e. The van der Waals surface area contributed by atoms with Crippen LogP contribution in [-0.4, -0.2) is 30.6 Å². The van der Waals surface area contributed by atoms with Crippen molar-refractivity contribution in [1.82, 2.24) is 4.90 Å². The molecule has 2 N–H and O–H groups in total. The van der Waals surface area contributed by atoms with Gasteiger partial charge in [-0.1, -0.05) is 43.2 Å². The number of benzene rings is 1. The molecule has 0 aromatic heterocycles. The van der Waals surface area contributed by atoms with Gasteiger partial charge in [-0.15, -0.1) is 0 Å². The Morgan fingerprint density at radius 2 is 1.94 bits per heavy atom. The second-order valence-corrected chi connectivity index (χ2v) is 5.72. The van der Waals surface area contributed by atoms with E-state index in [0.29, 0.717) is 12.0 Å². The van der Waals surface area contributed by atoms with Gasteiger partial charge in [-0.05, 0) is 37.8 Å². The second kappa shape index (κ2) is 6.35. The molecule has 1 aliphatic heterocycles. The molecule has 2 heteroatoms. The third-order valence-electron chi connectivity index (χ3n) is 3.94. The largest absolute Gasteiger partial charge is 0.327 e. The fraction of sp³-hybridized carbons (Fsp3) is 0.625. The SMILES string of the molecule is CCCCN1CC(N)CC(c2ccc(C)cc2)C1. The van der Waals surface area contributed by atoms with Crippen LogP contribution < -0.4 is 5.73 Å². The lowest BCUT2D eigenvalue weighted by Crippen LogP contribution is -2.46. The Hall–Kier alpha value is -0.860. The van der Waals surface area contributed by atoms with Crippen molar-refractivity contribution in [3.63, 3.8) is 0 Å². The van der Waals surface area contributed by atoms with Crippen LogP contribution in [0.5, 0.6) is 0 Å². The van der Waals surface area contributed by atoms with Crippen molar-refractivity contribution in [3.05, 3.63) is 35.4 Å². The van der Waals surface area contributed by atoms with E-state index >= 15 is 0 Å². The highest BCUT2D eigenvalue weighted by atomic mass is 15.1. The summed E-state index contributed by atoms with van der Waals surface area (Å²) in [6.07, 6.45) is 3.68. The third kappa shape index (κ3) is 3.56. The fourth-order valence-electron chi connectivity index (χ4n) is 2.88. The van der Waals surface area contributed by atoms with E-state index in [4.69, 9.17) is 5.73 Å². The molecule has 1 aromatic carbocycles. The first kappa shape index (κ1) is 13.6. The molecule has 1 aromatic rings. The smallest absolute Gasteiger partial charge is 0.0174 e. The van der Waals surface area contributed by atoms with Gasteiger partial charge in [0.2, 0.25) is 0 Å². The van der Waals surface area contributed by atoms with Gasteiger partial charge in [0.1, 0.15) is 0 Å². The van der Waals surface area contributed by atoms with Gasteiger partial charge in [-0.3, -0.25) is 0 Å². The minimum absolute atomic E-state index is 0.335. The monoisotopic (exact) mass is 246 g/mol. The lowest BCUT2D eigenvalue weighted by Gasteiger charge is -2.36. The van der Waals surface area contributed by atoms with E-state index in [1.807, 2.05) is 0 Å². The molecule has 1 aliphatic rings. The summed E-state index contributed by atoms with van der Waals surface area (Å²) >= 11 is 0. The van der Waals surface area contributed by atoms with Crippen LogP contribution in [0.3, 0.4) is 0 Å². The van der Waals surface area contributed by atoms with Crippen molar-refractivity contribution in [2.75, 3.05) is 19.6 Å². The van der Waals surface area contributed by atoms with Crippen LogP contribution in [0.2, 0.25) is 0 Å². The van der Waals surface area contributed by atoms with Gasteiger partial charge in [-0.2, -0.15) is 0 Å². The zero-order valence-electron chi connectivity index (χ0n) is 11.7. The summed E-state index contributed by atoms with van der Waals surface area (Å²) in [6.45, 7) is 7.84. The number of aryl methyl sites for hydroxylation is 1. The van der Waals surface area contributed by atoms with Crippen molar-refractivity contribution >= 4 is 0 Å². The van der Waals surface area contributed by atoms with Gasteiger partial charge in [-0.25, -0.2) is 0 Å². The van der Waals surface area contributed by atoms with Gasteiger partial charge in [0, 0.05) is 19.1 Å². The number of piperidine rings is 1. The molecule has 0 amide bonds. The molecular formula is C16H26N2. The number of nitrogens with two attached hydrogens (primary N) is 1. The standard InChI is InChI=1S/C16H26N2/c1-3-4-9-18-11-15(10-16(17)12-18)14-7-5-13(2)6-8-14/h5-8,15-16H,3-4,9-12,17H2,1-2H3. The molecule has 0 radical (unpaired) electrons. The van der Waals surface area contributed by atoms with E-state index in [1.165, 1.54) is 37.1 Å². The number of hydrogen-bond acceptors (Lipinski definition) is 2. The predicted molar refractivity (Wildman–Crippen MR) is 77.9 cm³/mol. The molecule has 1 saturated heterocycles. The second-order valence-electron chi connectivity index (χ2n) is 5.72. The van der Waals surface area contributed by atoms with Gasteiger partial charge >= 0.3 is 0 Å². The van der Waals surface area contributed by atoms with Crippen LogP contribution in [0.4, 0.5) is 0 Å². The summed E-state index contributed by atoms with van der Waals surface area (Å²) < 4.78 is 0. The highest BCUT2D eigenvalue weighted by Gasteiger charge is 2.25. The van der Waals surface area contributed by atoms with Crippen LogP contribution in [0.15, 0.2) is 24.3 Å². The summed E-state index contributed by atoms with van der Waals surface area (Å²) in [5, 5.41) is 0. The molecule has 2 nitrogen and oxygen atoms in total. The molecule has 1 fully saturated rings.